The van der Waals surface area contributed by atoms with Crippen molar-refractivity contribution in [2.45, 2.75) is 0 Å². The third-order valence-electron chi connectivity index (χ3n) is 0.414. The van der Waals surface area contributed by atoms with Gasteiger partial charge >= 0.3 is 67.6 Å². The first kappa shape index (κ1) is 9.09. The number of halogens is 3. The van der Waals surface area contributed by atoms with E-state index < -0.39 is 10.1 Å². The monoisotopic (exact) mass is 465 g/mol. The molecule has 0 aromatic rings. The van der Waals surface area contributed by atoms with E-state index in [-0.39, 0.29) is 0 Å². The average Bonchev–Trinajstić information content (AvgIpc) is 1.31. The number of hydrogen-bond acceptors (Lipinski definition) is 1. The van der Waals surface area contributed by atoms with E-state index in [1.807, 2.05) is 14.1 Å². The van der Waals surface area contributed by atoms with Gasteiger partial charge in [-0.15, -0.1) is 0 Å². The van der Waals surface area contributed by atoms with Crippen molar-refractivity contribution >= 4 is 39.9 Å². The van der Waals surface area contributed by atoms with Crippen molar-refractivity contribution in [3.63, 3.8) is 0 Å². The van der Waals surface area contributed by atoms with Crippen LogP contribution in [0.4, 0.5) is 0 Å². The summed E-state index contributed by atoms with van der Waals surface area (Å²) in [5, 5.41) is 0. The van der Waals surface area contributed by atoms with Gasteiger partial charge in [-0.3, -0.25) is 0 Å². The Morgan fingerprint density at radius 1 is 1.14 bits per heavy atom. The molecular weight excluding hydrogens is 462 g/mol. The van der Waals surface area contributed by atoms with Gasteiger partial charge in [-0.1, -0.05) is 0 Å². The summed E-state index contributed by atoms with van der Waals surface area (Å²) in [6.07, 6.45) is 0. The van der Waals surface area contributed by atoms with E-state index in [4.69, 9.17) is 0 Å². The summed E-state index contributed by atoms with van der Waals surface area (Å²) in [6, 6.07) is 0. The number of nitrogens with zero attached hydrogens (tertiary/aromatic N) is 1. The van der Waals surface area contributed by atoms with E-state index in [9.17, 15) is 0 Å². The van der Waals surface area contributed by atoms with E-state index in [1.165, 1.54) is 0 Å². The van der Waals surface area contributed by atoms with Crippen molar-refractivity contribution < 1.29 is 10.1 Å². The van der Waals surface area contributed by atoms with Crippen molar-refractivity contribution in [2.75, 3.05) is 14.1 Å². The molecule has 0 saturated carbocycles. The van der Waals surface area contributed by atoms with Crippen LogP contribution >= 0.6 is 39.9 Å². The van der Waals surface area contributed by atoms with Gasteiger partial charge in [0, 0.05) is 0 Å². The molecule has 0 aromatic carbocycles. The zero-order valence-corrected chi connectivity index (χ0v) is 11.7. The van der Waals surface area contributed by atoms with Crippen LogP contribution in [0.1, 0.15) is 0 Å². The van der Waals surface area contributed by atoms with E-state index >= 15 is 0 Å². The van der Waals surface area contributed by atoms with Crippen molar-refractivity contribution in [1.29, 1.82) is 0 Å². The summed E-state index contributed by atoms with van der Waals surface area (Å²) in [5.41, 5.74) is 0. The number of rotatable bonds is 1. The SMILES string of the molecule is C[N](C)[W]([Br])([Br])[Br]. The molecular formula is C2H6Br3NW. The van der Waals surface area contributed by atoms with Gasteiger partial charge in [0.25, 0.3) is 0 Å². The fourth-order valence-electron chi connectivity index (χ4n) is 0. The molecule has 0 heterocycles. The van der Waals surface area contributed by atoms with Crippen LogP contribution in [0.5, 0.6) is 0 Å². The molecule has 0 aliphatic rings. The first-order chi connectivity index (χ1) is 2.94. The van der Waals surface area contributed by atoms with Crippen molar-refractivity contribution in [1.82, 2.24) is 3.46 Å². The molecule has 0 aliphatic heterocycles. The third kappa shape index (κ3) is 4.58. The van der Waals surface area contributed by atoms with Crippen LogP contribution in [0.15, 0.2) is 0 Å². The summed E-state index contributed by atoms with van der Waals surface area (Å²) >= 11 is 10.5. The fourth-order valence-corrected chi connectivity index (χ4v) is 0. The van der Waals surface area contributed by atoms with Crippen molar-refractivity contribution in [2.24, 2.45) is 0 Å². The molecule has 0 radical (unpaired) electrons. The molecule has 0 bridgehead atoms. The zero-order valence-electron chi connectivity index (χ0n) is 3.99. The summed E-state index contributed by atoms with van der Waals surface area (Å²) in [7, 11) is 1.99. The predicted octanol–water partition coefficient (Wildman–Crippen LogP) is 2.55. The Hall–Kier alpha value is 2.09. The summed E-state index contributed by atoms with van der Waals surface area (Å²) in [4.78, 5) is 0. The molecule has 5 heteroatoms. The molecule has 0 fully saturated rings. The van der Waals surface area contributed by atoms with Gasteiger partial charge in [-0.25, -0.2) is 0 Å². The maximum absolute atomic E-state index is 3.51. The molecule has 46 valence electrons. The molecule has 0 atom stereocenters. The molecule has 7 heavy (non-hydrogen) atoms. The van der Waals surface area contributed by atoms with Crippen molar-refractivity contribution in [3.8, 4) is 0 Å². The molecule has 0 aliphatic carbocycles. The van der Waals surface area contributed by atoms with Crippen LogP contribution in [0.2, 0.25) is 0 Å². The molecule has 1 nitrogen and oxygen atoms in total. The molecule has 0 rings (SSSR count). The first-order valence-corrected chi connectivity index (χ1v) is 22.1. The van der Waals surface area contributed by atoms with Gasteiger partial charge in [-0.2, -0.15) is 0 Å². The summed E-state index contributed by atoms with van der Waals surface area (Å²) in [6.45, 7) is 0. The van der Waals surface area contributed by atoms with Gasteiger partial charge < -0.3 is 0 Å². The number of hydrogen-bond donors (Lipinski definition) is 0. The molecule has 0 aromatic heterocycles. The quantitative estimate of drug-likeness (QED) is 0.573. The van der Waals surface area contributed by atoms with Gasteiger partial charge in [0.05, 0.1) is 0 Å². The molecule has 0 saturated heterocycles. The second-order valence-electron chi connectivity index (χ2n) is 1.19. The average molecular weight is 468 g/mol. The Balaban J connectivity index is 3.54. The van der Waals surface area contributed by atoms with Crippen LogP contribution in [-0.2, 0) is 10.1 Å². The Bertz CT molecular complexity index is 58.4. The van der Waals surface area contributed by atoms with Crippen LogP contribution < -0.4 is 0 Å². The second-order valence-corrected chi connectivity index (χ2v) is 50.9. The standard InChI is InChI=1S/C2H6N.3BrH.W/c1-3-2;;;;/h1-2H3;3*1H;/q-1;;;;+4/p-3. The Morgan fingerprint density at radius 3 is 1.29 bits per heavy atom. The normalized spacial score (nSPS) is 15.1. The van der Waals surface area contributed by atoms with Gasteiger partial charge in [0.1, 0.15) is 0 Å². The van der Waals surface area contributed by atoms with Gasteiger partial charge in [0.15, 0.2) is 0 Å². The van der Waals surface area contributed by atoms with Crippen molar-refractivity contribution in [3.05, 3.63) is 0 Å². The third-order valence-corrected chi connectivity index (χ3v) is 17.6. The maximum atomic E-state index is 3.51. The first-order valence-electron chi connectivity index (χ1n) is 1.54. The fraction of sp³-hybridized carbons (Fsp3) is 1.00. The van der Waals surface area contributed by atoms with E-state index in [2.05, 4.69) is 43.3 Å². The Labute approximate surface area is 66.7 Å². The summed E-state index contributed by atoms with van der Waals surface area (Å²) < 4.78 is 2.15. The predicted molar refractivity (Wildman–Crippen MR) is 40.5 cm³/mol. The zero-order chi connectivity index (χ0) is 6.08. The molecule has 0 N–H and O–H groups in total. The van der Waals surface area contributed by atoms with Crippen LogP contribution in [0.3, 0.4) is 0 Å². The van der Waals surface area contributed by atoms with Crippen LogP contribution in [0.25, 0.3) is 0 Å². The minimum absolute atomic E-state index is 2.04. The minimum atomic E-state index is -2.08. The molecule has 0 amide bonds. The summed E-state index contributed by atoms with van der Waals surface area (Å²) in [5.74, 6) is 0. The second kappa shape index (κ2) is 3.31. The topological polar surface area (TPSA) is 3.24 Å². The van der Waals surface area contributed by atoms with Gasteiger partial charge in [0.2, 0.25) is 0 Å². The molecule has 0 unspecified atom stereocenters. The van der Waals surface area contributed by atoms with E-state index in [0.717, 1.165) is 0 Å². The van der Waals surface area contributed by atoms with Crippen LogP contribution in [-0.4, -0.2) is 17.6 Å². The van der Waals surface area contributed by atoms with Gasteiger partial charge in [-0.05, 0) is 0 Å². The van der Waals surface area contributed by atoms with E-state index in [0.29, 0.717) is 0 Å². The molecule has 0 spiro atoms. The Kier molecular flexibility index (Phi) is 4.29. The van der Waals surface area contributed by atoms with E-state index in [1.54, 1.807) is 0 Å². The van der Waals surface area contributed by atoms with Crippen LogP contribution in [0, 0.1) is 0 Å². The Morgan fingerprint density at radius 2 is 1.29 bits per heavy atom.